The summed E-state index contributed by atoms with van der Waals surface area (Å²) < 4.78 is 1.48. The third-order valence-corrected chi connectivity index (χ3v) is 4.01. The number of fused-ring (bicyclic) bond motifs is 1. The van der Waals surface area contributed by atoms with Gasteiger partial charge in [-0.3, -0.25) is 14.8 Å². The molecule has 0 aliphatic rings. The van der Waals surface area contributed by atoms with E-state index in [4.69, 9.17) is 23.8 Å². The highest BCUT2D eigenvalue weighted by Gasteiger charge is 2.11. The van der Waals surface area contributed by atoms with Crippen molar-refractivity contribution >= 4 is 46.0 Å². The number of hydrogen-bond acceptors (Lipinski definition) is 4. The van der Waals surface area contributed by atoms with Gasteiger partial charge in [-0.15, -0.1) is 0 Å². The second-order valence-electron chi connectivity index (χ2n) is 5.05. The lowest BCUT2D eigenvalue weighted by molar-refractivity contribution is 0.932. The van der Waals surface area contributed by atoms with Gasteiger partial charge in [-0.2, -0.15) is 5.10 Å². The smallest absolute Gasteiger partial charge is 0.266 e. The quantitative estimate of drug-likeness (QED) is 0.420. The highest BCUT2D eigenvalue weighted by atomic mass is 35.5. The zero-order valence-corrected chi connectivity index (χ0v) is 14.8. The number of nitrogens with zero attached hydrogens (tertiary/aromatic N) is 3. The maximum absolute atomic E-state index is 13.0. The van der Waals surface area contributed by atoms with Gasteiger partial charge in [0.15, 0.2) is 10.9 Å². The molecule has 0 saturated carbocycles. The zero-order valence-electron chi connectivity index (χ0n) is 13.2. The Labute approximate surface area is 154 Å². The Morgan fingerprint density at radius 2 is 1.96 bits per heavy atom. The molecule has 0 radical (unpaired) electrons. The van der Waals surface area contributed by atoms with Crippen LogP contribution in [0.25, 0.3) is 16.6 Å². The van der Waals surface area contributed by atoms with Crippen LogP contribution < -0.4 is 16.3 Å². The van der Waals surface area contributed by atoms with Crippen molar-refractivity contribution in [2.45, 2.75) is 0 Å². The van der Waals surface area contributed by atoms with Gasteiger partial charge in [0.2, 0.25) is 0 Å². The van der Waals surface area contributed by atoms with Gasteiger partial charge in [0.05, 0.1) is 22.8 Å². The molecular weight excluding hydrogens is 358 g/mol. The van der Waals surface area contributed by atoms with Gasteiger partial charge in [0, 0.05) is 12.1 Å². The fourth-order valence-corrected chi connectivity index (χ4v) is 2.46. The molecule has 0 bridgehead atoms. The molecule has 25 heavy (non-hydrogen) atoms. The standard InChI is InChI=1S/C17H14ClN5OS/c1-19-17(25)22-20-10-15-21-14-5-3-2-4-13(14)16(24)23(15)12-8-6-11(18)7-9-12/h2-10H,1H3,(H2,19,22,25)/b20-10+. The number of nitrogens with one attached hydrogen (secondary N) is 2. The molecule has 0 saturated heterocycles. The van der Waals surface area contributed by atoms with E-state index in [0.29, 0.717) is 32.5 Å². The van der Waals surface area contributed by atoms with E-state index in [0.717, 1.165) is 0 Å². The SMILES string of the molecule is CNC(=S)N/N=C/c1nc2ccccc2c(=O)n1-c1ccc(Cl)cc1. The maximum atomic E-state index is 13.0. The van der Waals surface area contributed by atoms with Crippen molar-refractivity contribution in [3.8, 4) is 5.69 Å². The summed E-state index contributed by atoms with van der Waals surface area (Å²) in [5.74, 6) is 0.373. The Morgan fingerprint density at radius 1 is 1.24 bits per heavy atom. The van der Waals surface area contributed by atoms with Gasteiger partial charge < -0.3 is 5.32 Å². The molecule has 0 atom stereocenters. The van der Waals surface area contributed by atoms with Crippen molar-refractivity contribution in [3.63, 3.8) is 0 Å². The molecule has 2 N–H and O–H groups in total. The molecule has 6 nitrogen and oxygen atoms in total. The lowest BCUT2D eigenvalue weighted by atomic mass is 10.2. The molecule has 3 rings (SSSR count). The predicted octanol–water partition coefficient (Wildman–Crippen LogP) is 2.47. The Bertz CT molecular complexity index is 1010. The summed E-state index contributed by atoms with van der Waals surface area (Å²) >= 11 is 10.9. The van der Waals surface area contributed by atoms with Gasteiger partial charge in [-0.1, -0.05) is 23.7 Å². The molecular formula is C17H14ClN5OS. The van der Waals surface area contributed by atoms with Gasteiger partial charge in [0.1, 0.15) is 0 Å². The van der Waals surface area contributed by atoms with Crippen LogP contribution in [-0.2, 0) is 0 Å². The molecule has 126 valence electrons. The minimum Gasteiger partial charge on any atom is -0.364 e. The van der Waals surface area contributed by atoms with Gasteiger partial charge in [0.25, 0.3) is 5.56 Å². The van der Waals surface area contributed by atoms with Crippen LogP contribution in [0, 0.1) is 0 Å². The first-order chi connectivity index (χ1) is 12.1. The Balaban J connectivity index is 2.19. The van der Waals surface area contributed by atoms with Crippen molar-refractivity contribution in [3.05, 3.63) is 69.7 Å². The third kappa shape index (κ3) is 3.67. The Morgan fingerprint density at radius 3 is 2.68 bits per heavy atom. The van der Waals surface area contributed by atoms with Crippen LogP contribution in [0.4, 0.5) is 0 Å². The summed E-state index contributed by atoms with van der Waals surface area (Å²) in [5.41, 5.74) is 3.70. The molecule has 0 amide bonds. The number of rotatable bonds is 3. The first kappa shape index (κ1) is 17.1. The van der Waals surface area contributed by atoms with Crippen molar-refractivity contribution in [2.75, 3.05) is 7.05 Å². The number of para-hydroxylation sites is 1. The van der Waals surface area contributed by atoms with Crippen molar-refractivity contribution in [2.24, 2.45) is 5.10 Å². The largest absolute Gasteiger partial charge is 0.364 e. The van der Waals surface area contributed by atoms with Crippen LogP contribution in [0.2, 0.25) is 5.02 Å². The van der Waals surface area contributed by atoms with E-state index < -0.39 is 0 Å². The van der Waals surface area contributed by atoms with Crippen molar-refractivity contribution in [1.29, 1.82) is 0 Å². The number of hydrogen-bond donors (Lipinski definition) is 2. The van der Waals surface area contributed by atoms with Crippen LogP contribution in [-0.4, -0.2) is 27.9 Å². The van der Waals surface area contributed by atoms with Crippen molar-refractivity contribution in [1.82, 2.24) is 20.3 Å². The minimum absolute atomic E-state index is 0.189. The summed E-state index contributed by atoms with van der Waals surface area (Å²) in [7, 11) is 1.68. The molecule has 0 spiro atoms. The topological polar surface area (TPSA) is 71.3 Å². The van der Waals surface area contributed by atoms with Crippen LogP contribution in [0.15, 0.2) is 58.4 Å². The molecule has 0 unspecified atom stereocenters. The van der Waals surface area contributed by atoms with Gasteiger partial charge in [-0.25, -0.2) is 4.98 Å². The van der Waals surface area contributed by atoms with Crippen LogP contribution in [0.5, 0.6) is 0 Å². The average Bonchev–Trinajstić information content (AvgIpc) is 2.63. The van der Waals surface area contributed by atoms with E-state index in [1.165, 1.54) is 10.8 Å². The fraction of sp³-hybridized carbons (Fsp3) is 0.0588. The molecule has 0 aliphatic carbocycles. The van der Waals surface area contributed by atoms with Crippen molar-refractivity contribution < 1.29 is 0 Å². The molecule has 1 heterocycles. The first-order valence-electron chi connectivity index (χ1n) is 7.38. The Hall–Kier alpha value is -2.77. The van der Waals surface area contributed by atoms with E-state index in [9.17, 15) is 4.79 Å². The molecule has 3 aromatic rings. The number of benzene rings is 2. The second-order valence-corrected chi connectivity index (χ2v) is 5.90. The minimum atomic E-state index is -0.189. The summed E-state index contributed by atoms with van der Waals surface area (Å²) in [4.78, 5) is 17.5. The normalized spacial score (nSPS) is 11.0. The molecule has 8 heteroatoms. The predicted molar refractivity (Wildman–Crippen MR) is 105 cm³/mol. The van der Waals surface area contributed by atoms with E-state index in [2.05, 4.69) is 20.8 Å². The van der Waals surface area contributed by atoms with E-state index >= 15 is 0 Å². The van der Waals surface area contributed by atoms with Crippen LogP contribution in [0.1, 0.15) is 5.82 Å². The number of aromatic nitrogens is 2. The highest BCUT2D eigenvalue weighted by Crippen LogP contribution is 2.15. The number of hydrazone groups is 1. The van der Waals surface area contributed by atoms with E-state index in [1.807, 2.05) is 6.07 Å². The molecule has 0 fully saturated rings. The average molecular weight is 372 g/mol. The third-order valence-electron chi connectivity index (χ3n) is 3.46. The van der Waals surface area contributed by atoms with E-state index in [1.54, 1.807) is 49.5 Å². The highest BCUT2D eigenvalue weighted by molar-refractivity contribution is 7.80. The molecule has 1 aromatic heterocycles. The maximum Gasteiger partial charge on any atom is 0.266 e. The molecule has 0 aliphatic heterocycles. The zero-order chi connectivity index (χ0) is 17.8. The lowest BCUT2D eigenvalue weighted by Gasteiger charge is -2.11. The summed E-state index contributed by atoms with van der Waals surface area (Å²) in [6, 6.07) is 14.1. The van der Waals surface area contributed by atoms with Gasteiger partial charge >= 0.3 is 0 Å². The number of thiocarbonyl (C=S) groups is 1. The first-order valence-corrected chi connectivity index (χ1v) is 8.17. The monoisotopic (exact) mass is 371 g/mol. The summed E-state index contributed by atoms with van der Waals surface area (Å²) in [6.45, 7) is 0. The Kier molecular flexibility index (Phi) is 5.06. The second kappa shape index (κ2) is 7.42. The van der Waals surface area contributed by atoms with E-state index in [-0.39, 0.29) is 5.56 Å². The lowest BCUT2D eigenvalue weighted by Crippen LogP contribution is -2.29. The summed E-state index contributed by atoms with van der Waals surface area (Å²) in [5, 5.41) is 8.25. The fourth-order valence-electron chi connectivity index (χ4n) is 2.28. The molecule has 2 aromatic carbocycles. The number of halogens is 1. The van der Waals surface area contributed by atoms with Crippen LogP contribution >= 0.6 is 23.8 Å². The van der Waals surface area contributed by atoms with Crippen LogP contribution in [0.3, 0.4) is 0 Å². The summed E-state index contributed by atoms with van der Waals surface area (Å²) in [6.07, 6.45) is 1.45. The van der Waals surface area contributed by atoms with Gasteiger partial charge in [-0.05, 0) is 48.6 Å².